The van der Waals surface area contributed by atoms with Crippen LogP contribution in [0.3, 0.4) is 0 Å². The average molecular weight is 156 g/mol. The van der Waals surface area contributed by atoms with Crippen molar-refractivity contribution < 1.29 is 0 Å². The zero-order valence-corrected chi connectivity index (χ0v) is 7.85. The molecule has 0 spiro atoms. The Balaban J connectivity index is 0. The molecule has 0 rings (SSSR count). The van der Waals surface area contributed by atoms with Crippen LogP contribution in [0.2, 0.25) is 0 Å². The first-order valence-electron chi connectivity index (χ1n) is 4.04. The Morgan fingerprint density at radius 1 is 1.55 bits per heavy atom. The molecule has 0 unspecified atom stereocenters. The van der Waals surface area contributed by atoms with Crippen LogP contribution in [-0.2, 0) is 0 Å². The summed E-state index contributed by atoms with van der Waals surface area (Å²) in [4.78, 5) is 0. The molecule has 0 aromatic carbocycles. The molecule has 0 saturated carbocycles. The van der Waals surface area contributed by atoms with Gasteiger partial charge in [0.15, 0.2) is 0 Å². The van der Waals surface area contributed by atoms with E-state index in [1.165, 1.54) is 5.57 Å². The Morgan fingerprint density at radius 3 is 2.45 bits per heavy atom. The van der Waals surface area contributed by atoms with Gasteiger partial charge in [0.25, 0.3) is 0 Å². The molecular formula is C9H20N2. The molecule has 0 heterocycles. The van der Waals surface area contributed by atoms with Crippen molar-refractivity contribution in [3.8, 4) is 0 Å². The minimum Gasteiger partial charge on any atom is -0.368 e. The highest BCUT2D eigenvalue weighted by Gasteiger charge is 1.82. The predicted octanol–water partition coefficient (Wildman–Crippen LogP) is 2.00. The van der Waals surface area contributed by atoms with Crippen LogP contribution < -0.4 is 11.1 Å². The van der Waals surface area contributed by atoms with Crippen molar-refractivity contribution in [3.05, 3.63) is 24.6 Å². The summed E-state index contributed by atoms with van der Waals surface area (Å²) in [5.41, 5.74) is 6.55. The number of rotatable bonds is 4. The van der Waals surface area contributed by atoms with Crippen molar-refractivity contribution in [2.24, 2.45) is 5.73 Å². The molecule has 0 atom stereocenters. The third kappa shape index (κ3) is 12.4. The van der Waals surface area contributed by atoms with Crippen LogP contribution >= 0.6 is 0 Å². The zero-order valence-electron chi connectivity index (χ0n) is 7.85. The molecule has 0 aromatic rings. The summed E-state index contributed by atoms with van der Waals surface area (Å²) < 4.78 is 0. The van der Waals surface area contributed by atoms with Gasteiger partial charge < -0.3 is 11.1 Å². The monoisotopic (exact) mass is 156 g/mol. The Kier molecular flexibility index (Phi) is 14.0. The lowest BCUT2D eigenvalue weighted by Crippen LogP contribution is -2.01. The maximum atomic E-state index is 5.31. The van der Waals surface area contributed by atoms with Gasteiger partial charge in [-0.05, 0) is 32.3 Å². The zero-order chi connectivity index (χ0) is 9.11. The van der Waals surface area contributed by atoms with E-state index in [1.54, 1.807) is 6.20 Å². The normalized spacial score (nSPS) is 9.64. The number of hydrogen-bond donors (Lipinski definition) is 2. The quantitative estimate of drug-likeness (QED) is 0.653. The van der Waals surface area contributed by atoms with Gasteiger partial charge >= 0.3 is 0 Å². The molecule has 11 heavy (non-hydrogen) atoms. The molecule has 0 aliphatic heterocycles. The fourth-order valence-electron chi connectivity index (χ4n) is 0.501. The lowest BCUT2D eigenvalue weighted by molar-refractivity contribution is 0.934. The molecule has 0 saturated heterocycles. The van der Waals surface area contributed by atoms with Crippen LogP contribution in [0.15, 0.2) is 24.6 Å². The maximum absolute atomic E-state index is 5.31. The van der Waals surface area contributed by atoms with Gasteiger partial charge in [-0.15, -0.1) is 0 Å². The molecule has 0 aromatic heterocycles. The van der Waals surface area contributed by atoms with E-state index in [9.17, 15) is 0 Å². The topological polar surface area (TPSA) is 38.0 Å². The smallest absolute Gasteiger partial charge is 0.000616 e. The van der Waals surface area contributed by atoms with Crippen molar-refractivity contribution >= 4 is 0 Å². The molecule has 0 amide bonds. The van der Waals surface area contributed by atoms with Crippen LogP contribution in [0, 0.1) is 0 Å². The van der Waals surface area contributed by atoms with Gasteiger partial charge in [-0.1, -0.05) is 26.0 Å². The fraction of sp³-hybridized carbons (Fsp3) is 0.556. The summed E-state index contributed by atoms with van der Waals surface area (Å²) in [6.07, 6.45) is 4.49. The van der Waals surface area contributed by atoms with Crippen LogP contribution in [0.4, 0.5) is 0 Å². The number of nitrogens with one attached hydrogen (secondary N) is 1. The van der Waals surface area contributed by atoms with Crippen LogP contribution in [-0.4, -0.2) is 6.54 Å². The summed E-state index contributed by atoms with van der Waals surface area (Å²) in [6.45, 7) is 10.2. The number of nitrogens with two attached hydrogens (primary N) is 1. The molecule has 2 nitrogen and oxygen atoms in total. The summed E-state index contributed by atoms with van der Waals surface area (Å²) in [7, 11) is 0. The summed E-state index contributed by atoms with van der Waals surface area (Å²) in [5, 5.41) is 2.88. The second kappa shape index (κ2) is 12.0. The van der Waals surface area contributed by atoms with Gasteiger partial charge in [-0.3, -0.25) is 0 Å². The maximum Gasteiger partial charge on any atom is -0.000616 e. The van der Waals surface area contributed by atoms with Gasteiger partial charge in [0.2, 0.25) is 0 Å². The Labute approximate surface area is 70.2 Å². The first-order valence-corrected chi connectivity index (χ1v) is 4.04. The van der Waals surface area contributed by atoms with E-state index in [0.29, 0.717) is 6.54 Å². The van der Waals surface area contributed by atoms with E-state index in [4.69, 9.17) is 5.73 Å². The Bertz CT molecular complexity index is 106. The van der Waals surface area contributed by atoms with E-state index < -0.39 is 0 Å². The first-order chi connectivity index (χ1) is 5.31. The second-order valence-corrected chi connectivity index (χ2v) is 1.90. The molecule has 3 N–H and O–H groups in total. The van der Waals surface area contributed by atoms with E-state index in [0.717, 1.165) is 6.42 Å². The highest BCUT2D eigenvalue weighted by atomic mass is 14.8. The Hall–Kier alpha value is -0.760. The van der Waals surface area contributed by atoms with Gasteiger partial charge in [0, 0.05) is 0 Å². The van der Waals surface area contributed by atoms with E-state index in [1.807, 2.05) is 27.0 Å². The molecule has 0 fully saturated rings. The summed E-state index contributed by atoms with van der Waals surface area (Å²) >= 11 is 0. The number of hydrogen-bond acceptors (Lipinski definition) is 2. The van der Waals surface area contributed by atoms with Crippen LogP contribution in [0.5, 0.6) is 0 Å². The standard InChI is InChI=1S/C7H14N2.C2H6/c1-3-9-6-7(2)4-5-8;1-2/h3,6,9H,1,4-5,8H2,2H3;1-2H3/b7-6+;. The van der Waals surface area contributed by atoms with Crippen molar-refractivity contribution in [1.29, 1.82) is 0 Å². The summed E-state index contributed by atoms with van der Waals surface area (Å²) in [5.74, 6) is 0. The molecule has 0 aliphatic rings. The first kappa shape index (κ1) is 12.9. The minimum atomic E-state index is 0.709. The molecular weight excluding hydrogens is 136 g/mol. The highest BCUT2D eigenvalue weighted by molar-refractivity contribution is 4.98. The van der Waals surface area contributed by atoms with Crippen molar-refractivity contribution in [1.82, 2.24) is 5.32 Å². The van der Waals surface area contributed by atoms with E-state index in [-0.39, 0.29) is 0 Å². The van der Waals surface area contributed by atoms with Gasteiger partial charge in [-0.2, -0.15) is 0 Å². The third-order valence-electron chi connectivity index (χ3n) is 0.986. The van der Waals surface area contributed by atoms with Gasteiger partial charge in [0.05, 0.1) is 0 Å². The van der Waals surface area contributed by atoms with Crippen molar-refractivity contribution in [2.75, 3.05) is 6.54 Å². The molecule has 0 radical (unpaired) electrons. The fourth-order valence-corrected chi connectivity index (χ4v) is 0.501. The van der Waals surface area contributed by atoms with E-state index >= 15 is 0 Å². The molecule has 0 bridgehead atoms. The summed E-state index contributed by atoms with van der Waals surface area (Å²) in [6, 6.07) is 0. The lowest BCUT2D eigenvalue weighted by atomic mass is 10.2. The third-order valence-corrected chi connectivity index (χ3v) is 0.986. The molecule has 0 aliphatic carbocycles. The minimum absolute atomic E-state index is 0.709. The Morgan fingerprint density at radius 2 is 2.09 bits per heavy atom. The second-order valence-electron chi connectivity index (χ2n) is 1.90. The van der Waals surface area contributed by atoms with Crippen molar-refractivity contribution in [3.63, 3.8) is 0 Å². The van der Waals surface area contributed by atoms with Gasteiger partial charge in [-0.25, -0.2) is 0 Å². The molecule has 2 heteroatoms. The SMILES string of the molecule is C=CN/C=C(\C)CCN.CC. The highest BCUT2D eigenvalue weighted by Crippen LogP contribution is 1.93. The lowest BCUT2D eigenvalue weighted by Gasteiger charge is -1.95. The van der Waals surface area contributed by atoms with Crippen LogP contribution in [0.1, 0.15) is 27.2 Å². The van der Waals surface area contributed by atoms with Crippen LogP contribution in [0.25, 0.3) is 0 Å². The van der Waals surface area contributed by atoms with Crippen molar-refractivity contribution in [2.45, 2.75) is 27.2 Å². The largest absolute Gasteiger partial charge is 0.368 e. The van der Waals surface area contributed by atoms with Gasteiger partial charge in [0.1, 0.15) is 0 Å². The average Bonchev–Trinajstić information content (AvgIpc) is 2.05. The van der Waals surface area contributed by atoms with E-state index in [2.05, 4.69) is 11.9 Å². The molecule has 66 valence electrons. The predicted molar refractivity (Wildman–Crippen MR) is 52.1 cm³/mol.